The third-order valence-electron chi connectivity index (χ3n) is 12.8. The lowest BCUT2D eigenvalue weighted by molar-refractivity contribution is -0.156. The molecule has 0 amide bonds. The lowest BCUT2D eigenvalue weighted by atomic mass is 9.89. The molecule has 4 saturated heterocycles. The summed E-state index contributed by atoms with van der Waals surface area (Å²) >= 11 is 0. The molecule has 48 heavy (non-hydrogen) atoms. The van der Waals surface area contributed by atoms with Gasteiger partial charge < -0.3 is 19.9 Å². The molecule has 272 valence electrons. The minimum absolute atomic E-state index is 0.0382. The molecule has 10 atom stereocenters. The summed E-state index contributed by atoms with van der Waals surface area (Å²) in [5.41, 5.74) is 0. The summed E-state index contributed by atoms with van der Waals surface area (Å²) in [6.45, 7) is 8.58. The van der Waals surface area contributed by atoms with Gasteiger partial charge in [0.25, 0.3) is 0 Å². The van der Waals surface area contributed by atoms with E-state index in [4.69, 9.17) is 14.7 Å². The van der Waals surface area contributed by atoms with E-state index in [-0.39, 0.29) is 36.1 Å². The van der Waals surface area contributed by atoms with Gasteiger partial charge in [0.15, 0.2) is 5.96 Å². The first-order valence-corrected chi connectivity index (χ1v) is 20.5. The second-order valence-corrected chi connectivity index (χ2v) is 16.5. The van der Waals surface area contributed by atoms with Crippen LogP contribution < -0.4 is 5.32 Å². The van der Waals surface area contributed by atoms with Gasteiger partial charge in [-0.15, -0.1) is 0 Å². The molecular formula is C39H68N6O3. The average Bonchev–Trinajstić information content (AvgIpc) is 3.67. The van der Waals surface area contributed by atoms with Crippen molar-refractivity contribution in [1.82, 2.24) is 20.2 Å². The van der Waals surface area contributed by atoms with Crippen molar-refractivity contribution in [3.63, 3.8) is 0 Å². The number of nitrogens with zero attached hydrogens (tertiary/aromatic N) is 5. The maximum atomic E-state index is 13.5. The van der Waals surface area contributed by atoms with E-state index in [1.807, 2.05) is 0 Å². The number of aliphatic imine (C=N–C) groups is 2. The number of hydrogen-bond acceptors (Lipinski definition) is 9. The predicted octanol–water partition coefficient (Wildman–Crippen LogP) is 7.80. The lowest BCUT2D eigenvalue weighted by Crippen LogP contribution is -2.63. The monoisotopic (exact) mass is 669 g/mol. The van der Waals surface area contributed by atoms with Crippen LogP contribution in [0, 0.1) is 5.92 Å². The summed E-state index contributed by atoms with van der Waals surface area (Å²) in [7, 11) is 0. The highest BCUT2D eigenvalue weighted by Crippen LogP contribution is 2.41. The molecule has 6 heterocycles. The van der Waals surface area contributed by atoms with Gasteiger partial charge in [-0.05, 0) is 91.4 Å². The summed E-state index contributed by atoms with van der Waals surface area (Å²) in [5.74, 6) is 1.70. The second-order valence-electron chi connectivity index (χ2n) is 16.5. The standard InChI is InChI=1S/C39H68N6O3/c1-5-6-7-8-9-12-15-18-30-25-34-22-23-35-36(29(4)40-38(41-30)44(34)35)37(46)48-28(3)17-14-11-10-13-16-19-31-26-33-21-20-32-24-27(2)45(47)39(42-31)43(32)33/h27-36,47H,5-26H2,1-4H3,(H,40,41)/t27-,28?,29-,30-,31-,32+,33+,34+,35+,36?/m1/s1. The van der Waals surface area contributed by atoms with E-state index in [0.717, 1.165) is 56.9 Å². The molecule has 9 nitrogen and oxygen atoms in total. The molecule has 0 aromatic carbocycles. The summed E-state index contributed by atoms with van der Waals surface area (Å²) < 4.78 is 6.10. The van der Waals surface area contributed by atoms with Crippen LogP contribution in [-0.4, -0.2) is 92.4 Å². The topological polar surface area (TPSA) is 93.0 Å². The number of esters is 1. The molecule has 0 aliphatic carbocycles. The minimum atomic E-state index is -0.164. The van der Waals surface area contributed by atoms with Gasteiger partial charge in [-0.3, -0.25) is 10.0 Å². The minimum Gasteiger partial charge on any atom is -0.462 e. The molecule has 6 aliphatic rings. The zero-order chi connectivity index (χ0) is 33.6. The van der Waals surface area contributed by atoms with Crippen LogP contribution in [0.3, 0.4) is 0 Å². The fourth-order valence-electron chi connectivity index (χ4n) is 10.1. The highest BCUT2D eigenvalue weighted by atomic mass is 16.5. The van der Waals surface area contributed by atoms with Crippen molar-refractivity contribution in [1.29, 1.82) is 0 Å². The van der Waals surface area contributed by atoms with Crippen LogP contribution in [0.15, 0.2) is 9.98 Å². The molecule has 2 unspecified atom stereocenters. The number of carbonyl (C=O) groups is 1. The van der Waals surface area contributed by atoms with Crippen molar-refractivity contribution in [3.8, 4) is 0 Å². The Kier molecular flexibility index (Phi) is 12.5. The number of unbranched alkanes of at least 4 members (excludes halogenated alkanes) is 10. The Bertz CT molecular complexity index is 1120. The average molecular weight is 669 g/mol. The Morgan fingerprint density at radius 1 is 0.833 bits per heavy atom. The van der Waals surface area contributed by atoms with E-state index in [2.05, 4.69) is 42.8 Å². The predicted molar refractivity (Wildman–Crippen MR) is 193 cm³/mol. The van der Waals surface area contributed by atoms with Crippen LogP contribution in [0.5, 0.6) is 0 Å². The fraction of sp³-hybridized carbons (Fsp3) is 0.923. The number of hydrogen-bond donors (Lipinski definition) is 2. The van der Waals surface area contributed by atoms with Crippen molar-refractivity contribution < 1.29 is 14.7 Å². The van der Waals surface area contributed by atoms with E-state index in [1.165, 1.54) is 101 Å². The zero-order valence-electron chi connectivity index (χ0n) is 30.8. The molecule has 9 heteroatoms. The molecule has 0 saturated carbocycles. The molecule has 0 bridgehead atoms. The number of hydroxylamine groups is 2. The van der Waals surface area contributed by atoms with Crippen molar-refractivity contribution in [2.45, 2.75) is 223 Å². The zero-order valence-corrected chi connectivity index (χ0v) is 30.8. The Hall–Kier alpha value is -2.03. The Labute approximate surface area is 291 Å². The number of ether oxygens (including phenoxy) is 1. The van der Waals surface area contributed by atoms with E-state index in [0.29, 0.717) is 30.2 Å². The van der Waals surface area contributed by atoms with E-state index >= 15 is 0 Å². The summed E-state index contributed by atoms with van der Waals surface area (Å²) in [6, 6.07) is 2.85. The molecule has 0 aromatic rings. The van der Waals surface area contributed by atoms with Gasteiger partial charge in [0.1, 0.15) is 0 Å². The van der Waals surface area contributed by atoms with Crippen LogP contribution in [0.25, 0.3) is 0 Å². The van der Waals surface area contributed by atoms with Gasteiger partial charge in [0.2, 0.25) is 5.96 Å². The molecular weight excluding hydrogens is 600 g/mol. The Morgan fingerprint density at radius 3 is 2.25 bits per heavy atom. The maximum Gasteiger partial charge on any atom is 0.313 e. The second kappa shape index (κ2) is 16.8. The summed E-state index contributed by atoms with van der Waals surface area (Å²) in [6.07, 6.45) is 26.7. The molecule has 0 spiro atoms. The molecule has 0 radical (unpaired) electrons. The number of nitrogens with one attached hydrogen (secondary N) is 1. The van der Waals surface area contributed by atoms with Crippen molar-refractivity contribution in [2.24, 2.45) is 15.9 Å². The van der Waals surface area contributed by atoms with Gasteiger partial charge in [0.05, 0.1) is 30.1 Å². The van der Waals surface area contributed by atoms with Crippen LogP contribution >= 0.6 is 0 Å². The smallest absolute Gasteiger partial charge is 0.313 e. The lowest BCUT2D eigenvalue weighted by Gasteiger charge is -2.47. The Morgan fingerprint density at radius 2 is 1.48 bits per heavy atom. The normalized spacial score (nSPS) is 34.3. The van der Waals surface area contributed by atoms with Gasteiger partial charge >= 0.3 is 5.97 Å². The first-order chi connectivity index (χ1) is 23.3. The largest absolute Gasteiger partial charge is 0.462 e. The number of rotatable bonds is 18. The van der Waals surface area contributed by atoms with Gasteiger partial charge in [-0.2, -0.15) is 0 Å². The Balaban J connectivity index is 0.866. The van der Waals surface area contributed by atoms with Crippen LogP contribution in [0.1, 0.15) is 169 Å². The third-order valence-corrected chi connectivity index (χ3v) is 12.8. The molecule has 0 aromatic heterocycles. The first kappa shape index (κ1) is 35.8. The van der Waals surface area contributed by atoms with Gasteiger partial charge in [-0.1, -0.05) is 77.6 Å². The number of carbonyl (C=O) groups excluding carboxylic acids is 1. The summed E-state index contributed by atoms with van der Waals surface area (Å²) in [5, 5.41) is 15.9. The first-order valence-electron chi connectivity index (χ1n) is 20.5. The fourth-order valence-corrected chi connectivity index (χ4v) is 10.1. The quantitative estimate of drug-likeness (QED) is 0.114. The van der Waals surface area contributed by atoms with Crippen molar-refractivity contribution in [2.75, 3.05) is 0 Å². The molecule has 6 aliphatic heterocycles. The molecule has 2 N–H and O–H groups in total. The molecule has 6 rings (SSSR count). The summed E-state index contributed by atoms with van der Waals surface area (Å²) in [4.78, 5) is 28.5. The van der Waals surface area contributed by atoms with Crippen LogP contribution in [-0.2, 0) is 9.53 Å². The highest BCUT2D eigenvalue weighted by Gasteiger charge is 2.51. The highest BCUT2D eigenvalue weighted by molar-refractivity contribution is 5.86. The third kappa shape index (κ3) is 8.29. The SMILES string of the molecule is CCCCCCCCC[C@@H]1C[C@@H]2CC[C@H]3C(C(=O)OC(C)CCCCCCC[C@@H]4C[C@@H]5CC[C@H]6C[C@@H](C)N(O)C(=N4)N56)[C@@H](C)N=C(N1)N23. The van der Waals surface area contributed by atoms with Gasteiger partial charge in [0, 0.05) is 30.2 Å². The molecule has 4 fully saturated rings. The number of guanidine groups is 2. The van der Waals surface area contributed by atoms with E-state index < -0.39 is 0 Å². The maximum absolute atomic E-state index is 13.5. The van der Waals surface area contributed by atoms with Crippen LogP contribution in [0.4, 0.5) is 0 Å². The van der Waals surface area contributed by atoms with Gasteiger partial charge in [-0.25, -0.2) is 15.0 Å². The van der Waals surface area contributed by atoms with E-state index in [9.17, 15) is 10.0 Å². The van der Waals surface area contributed by atoms with E-state index in [1.54, 1.807) is 0 Å². The van der Waals surface area contributed by atoms with Crippen molar-refractivity contribution in [3.05, 3.63) is 0 Å². The van der Waals surface area contributed by atoms with Crippen LogP contribution in [0.2, 0.25) is 0 Å². The van der Waals surface area contributed by atoms with Crippen molar-refractivity contribution >= 4 is 17.9 Å².